The Balaban J connectivity index is 2.05. The Bertz CT molecular complexity index is 611. The molecule has 2 aromatic carbocycles. The molecule has 0 saturated carbocycles. The van der Waals surface area contributed by atoms with Crippen molar-refractivity contribution >= 4 is 0 Å². The molecule has 0 aromatic heterocycles. The highest BCUT2D eigenvalue weighted by Crippen LogP contribution is 2.23. The van der Waals surface area contributed by atoms with Crippen LogP contribution in [0.3, 0.4) is 0 Å². The lowest BCUT2D eigenvalue weighted by Crippen LogP contribution is -2.12. The third-order valence-corrected chi connectivity index (χ3v) is 3.27. The van der Waals surface area contributed by atoms with Gasteiger partial charge in [0.05, 0.1) is 0 Å². The van der Waals surface area contributed by atoms with E-state index in [9.17, 15) is 13.9 Å². The summed E-state index contributed by atoms with van der Waals surface area (Å²) < 4.78 is 32.1. The van der Waals surface area contributed by atoms with Gasteiger partial charge in [0.1, 0.15) is 18.5 Å². The molecule has 0 heterocycles. The lowest BCUT2D eigenvalue weighted by atomic mass is 10.0. The number of hydrogen-bond donors (Lipinski definition) is 1. The summed E-state index contributed by atoms with van der Waals surface area (Å²) in [5, 5.41) is 9.93. The quantitative estimate of drug-likeness (QED) is 0.895. The van der Waals surface area contributed by atoms with E-state index in [0.29, 0.717) is 11.7 Å². The first-order valence-corrected chi connectivity index (χ1v) is 6.83. The fraction of sp³-hybridized carbons (Fsp3) is 0.294. The van der Waals surface area contributed by atoms with Gasteiger partial charge in [-0.1, -0.05) is 38.1 Å². The summed E-state index contributed by atoms with van der Waals surface area (Å²) >= 11 is 0. The Morgan fingerprint density at radius 2 is 1.81 bits per heavy atom. The van der Waals surface area contributed by atoms with Crippen LogP contribution in [0.4, 0.5) is 8.78 Å². The lowest BCUT2D eigenvalue weighted by molar-refractivity contribution is 0.104. The Kier molecular flexibility index (Phi) is 4.91. The van der Waals surface area contributed by atoms with Crippen LogP contribution in [-0.4, -0.2) is 11.7 Å². The molecule has 0 amide bonds. The number of aliphatic hydroxyl groups excluding tert-OH is 1. The van der Waals surface area contributed by atoms with Crippen molar-refractivity contribution in [2.24, 2.45) is 0 Å². The second-order valence-corrected chi connectivity index (χ2v) is 5.20. The first-order chi connectivity index (χ1) is 9.99. The Labute approximate surface area is 123 Å². The monoisotopic (exact) mass is 292 g/mol. The highest BCUT2D eigenvalue weighted by molar-refractivity contribution is 5.30. The molecule has 1 N–H and O–H groups in total. The molecule has 1 atom stereocenters. The molecule has 1 unspecified atom stereocenters. The van der Waals surface area contributed by atoms with Crippen molar-refractivity contribution in [2.45, 2.75) is 25.9 Å². The average molecular weight is 292 g/mol. The summed E-state index contributed by atoms with van der Waals surface area (Å²) in [5.41, 5.74) is 1.01. The normalized spacial score (nSPS) is 12.5. The van der Waals surface area contributed by atoms with Crippen LogP contribution in [0.1, 0.15) is 37.0 Å². The fourth-order valence-electron chi connectivity index (χ4n) is 2.01. The molecule has 2 aromatic rings. The smallest absolute Gasteiger partial charge is 0.164 e. The van der Waals surface area contributed by atoms with Gasteiger partial charge in [-0.25, -0.2) is 8.78 Å². The maximum Gasteiger partial charge on any atom is 0.164 e. The third-order valence-electron chi connectivity index (χ3n) is 3.27. The van der Waals surface area contributed by atoms with Crippen LogP contribution in [0.15, 0.2) is 42.5 Å². The van der Waals surface area contributed by atoms with E-state index in [1.807, 2.05) is 18.2 Å². The van der Waals surface area contributed by atoms with Crippen LogP contribution in [0.25, 0.3) is 0 Å². The van der Waals surface area contributed by atoms with Crippen LogP contribution in [-0.2, 0) is 0 Å². The summed E-state index contributed by atoms with van der Waals surface area (Å²) in [4.78, 5) is 0. The van der Waals surface area contributed by atoms with Crippen molar-refractivity contribution in [3.8, 4) is 5.75 Å². The predicted molar refractivity (Wildman–Crippen MR) is 77.3 cm³/mol. The molecule has 0 spiro atoms. The van der Waals surface area contributed by atoms with Gasteiger partial charge in [-0.2, -0.15) is 0 Å². The molecule has 0 saturated heterocycles. The summed E-state index contributed by atoms with van der Waals surface area (Å²) in [6.45, 7) is 3.99. The zero-order chi connectivity index (χ0) is 15.4. The second kappa shape index (κ2) is 6.68. The van der Waals surface area contributed by atoms with E-state index in [2.05, 4.69) is 13.8 Å². The van der Waals surface area contributed by atoms with Gasteiger partial charge in [-0.3, -0.25) is 0 Å². The van der Waals surface area contributed by atoms with Crippen molar-refractivity contribution in [3.05, 3.63) is 65.2 Å². The molecule has 4 heteroatoms. The molecule has 0 radical (unpaired) electrons. The van der Waals surface area contributed by atoms with Crippen molar-refractivity contribution in [1.82, 2.24) is 0 Å². The number of ether oxygens (including phenoxy) is 1. The topological polar surface area (TPSA) is 29.5 Å². The van der Waals surface area contributed by atoms with E-state index >= 15 is 0 Å². The van der Waals surface area contributed by atoms with Crippen molar-refractivity contribution in [2.75, 3.05) is 6.61 Å². The van der Waals surface area contributed by atoms with Gasteiger partial charge in [0.2, 0.25) is 0 Å². The Morgan fingerprint density at radius 1 is 1.10 bits per heavy atom. The minimum absolute atomic E-state index is 0.102. The maximum atomic E-state index is 13.6. The van der Waals surface area contributed by atoms with Crippen molar-refractivity contribution < 1.29 is 18.6 Å². The summed E-state index contributed by atoms with van der Waals surface area (Å²) in [6.07, 6.45) is -1.22. The first-order valence-electron chi connectivity index (χ1n) is 6.83. The van der Waals surface area contributed by atoms with Crippen LogP contribution >= 0.6 is 0 Å². The number of rotatable bonds is 5. The molecule has 0 aliphatic heterocycles. The van der Waals surface area contributed by atoms with Crippen LogP contribution in [0.5, 0.6) is 5.75 Å². The van der Waals surface area contributed by atoms with Crippen LogP contribution < -0.4 is 4.74 Å². The number of aliphatic hydroxyl groups is 1. The highest BCUT2D eigenvalue weighted by atomic mass is 19.2. The Morgan fingerprint density at radius 3 is 2.52 bits per heavy atom. The number of benzene rings is 2. The molecule has 0 bridgehead atoms. The van der Waals surface area contributed by atoms with Gasteiger partial charge in [0, 0.05) is 5.56 Å². The minimum Gasteiger partial charge on any atom is -0.491 e. The second-order valence-electron chi connectivity index (χ2n) is 5.20. The molecule has 0 fully saturated rings. The molecule has 21 heavy (non-hydrogen) atoms. The highest BCUT2D eigenvalue weighted by Gasteiger charge is 2.16. The molecule has 0 aliphatic carbocycles. The lowest BCUT2D eigenvalue weighted by Gasteiger charge is -2.15. The summed E-state index contributed by atoms with van der Waals surface area (Å²) in [7, 11) is 0. The van der Waals surface area contributed by atoms with Crippen molar-refractivity contribution in [3.63, 3.8) is 0 Å². The molecule has 0 aliphatic rings. The molecule has 2 rings (SSSR count). The van der Waals surface area contributed by atoms with E-state index in [1.54, 1.807) is 6.07 Å². The van der Waals surface area contributed by atoms with Gasteiger partial charge in [-0.05, 0) is 29.7 Å². The van der Waals surface area contributed by atoms with Crippen LogP contribution in [0.2, 0.25) is 0 Å². The van der Waals surface area contributed by atoms with E-state index in [1.165, 1.54) is 12.1 Å². The van der Waals surface area contributed by atoms with E-state index < -0.39 is 17.7 Å². The SMILES string of the molecule is CC(C)c1cccc(OCC(O)c2cccc(F)c2F)c1. The van der Waals surface area contributed by atoms with Gasteiger partial charge >= 0.3 is 0 Å². The predicted octanol–water partition coefficient (Wildman–Crippen LogP) is 4.20. The molecular weight excluding hydrogens is 274 g/mol. The zero-order valence-electron chi connectivity index (χ0n) is 12.0. The first kappa shape index (κ1) is 15.4. The van der Waals surface area contributed by atoms with E-state index in [0.717, 1.165) is 11.6 Å². The fourth-order valence-corrected chi connectivity index (χ4v) is 2.01. The third kappa shape index (κ3) is 3.79. The number of hydrogen-bond acceptors (Lipinski definition) is 2. The Hall–Kier alpha value is -1.94. The van der Waals surface area contributed by atoms with Gasteiger partial charge < -0.3 is 9.84 Å². The molecule has 112 valence electrons. The maximum absolute atomic E-state index is 13.6. The van der Waals surface area contributed by atoms with Crippen molar-refractivity contribution in [1.29, 1.82) is 0 Å². The van der Waals surface area contributed by atoms with Gasteiger partial charge in [-0.15, -0.1) is 0 Å². The largest absolute Gasteiger partial charge is 0.491 e. The minimum atomic E-state index is -1.22. The van der Waals surface area contributed by atoms with E-state index in [-0.39, 0.29) is 12.2 Å². The van der Waals surface area contributed by atoms with Gasteiger partial charge in [0.25, 0.3) is 0 Å². The molecule has 2 nitrogen and oxygen atoms in total. The van der Waals surface area contributed by atoms with E-state index in [4.69, 9.17) is 4.74 Å². The van der Waals surface area contributed by atoms with Gasteiger partial charge in [0.15, 0.2) is 11.6 Å². The standard InChI is InChI=1S/C17H18F2O2/c1-11(2)12-5-3-6-13(9-12)21-10-16(20)14-7-4-8-15(18)17(14)19/h3-9,11,16,20H,10H2,1-2H3. The number of halogens is 2. The summed E-state index contributed by atoms with van der Waals surface area (Å²) in [5.74, 6) is -1.06. The zero-order valence-corrected chi connectivity index (χ0v) is 12.0. The molecular formula is C17H18F2O2. The average Bonchev–Trinajstić information content (AvgIpc) is 2.48. The summed E-state index contributed by atoms with van der Waals surface area (Å²) in [6, 6.07) is 11.2. The van der Waals surface area contributed by atoms with Crippen LogP contribution in [0, 0.1) is 11.6 Å².